The van der Waals surface area contributed by atoms with Gasteiger partial charge in [0.05, 0.1) is 39.0 Å². The van der Waals surface area contributed by atoms with Gasteiger partial charge in [0, 0.05) is 5.69 Å². The van der Waals surface area contributed by atoms with E-state index in [1.54, 1.807) is 43.3 Å². The van der Waals surface area contributed by atoms with E-state index in [2.05, 4.69) is 14.8 Å². The lowest BCUT2D eigenvalue weighted by Crippen LogP contribution is -2.37. The molecule has 1 aromatic carbocycles. The van der Waals surface area contributed by atoms with Gasteiger partial charge in [-0.05, 0) is 31.8 Å². The molecule has 2 atom stereocenters. The normalized spacial score (nSPS) is 14.0. The average Bonchev–Trinajstić information content (AvgIpc) is 2.61. The highest BCUT2D eigenvalue weighted by Crippen LogP contribution is 2.22. The van der Waals surface area contributed by atoms with Crippen LogP contribution < -0.4 is 5.32 Å². The minimum Gasteiger partial charge on any atom is -0.466 e. The highest BCUT2D eigenvalue weighted by Gasteiger charge is 2.22. The van der Waals surface area contributed by atoms with E-state index in [0.717, 1.165) is 6.08 Å². The summed E-state index contributed by atoms with van der Waals surface area (Å²) in [6.45, 7) is -0.192. The van der Waals surface area contributed by atoms with Gasteiger partial charge in [-0.2, -0.15) is 0 Å². The number of carbonyl (C=O) groups is 2. The van der Waals surface area contributed by atoms with Gasteiger partial charge in [-0.15, -0.1) is 0 Å². The highest BCUT2D eigenvalue weighted by atomic mass is 16.5. The number of esters is 2. The molecule has 2 unspecified atom stereocenters. The number of likely N-dealkylation sites (N-methyl/N-ethyl adjacent to an activating group) is 1. The number of nitrogens with zero attached hydrogens (tertiary/aromatic N) is 1. The fraction of sp³-hybridized carbons (Fsp3) is 0.412. The predicted molar refractivity (Wildman–Crippen MR) is 91.7 cm³/mol. The SMILES string of the molecule is COC(=O)/C=C(/Nc1ccc(C(O)C(CO)N(C)C)cc1)C(=O)OC. The molecule has 0 amide bonds. The van der Waals surface area contributed by atoms with E-state index in [1.807, 2.05) is 0 Å². The monoisotopic (exact) mass is 352 g/mol. The van der Waals surface area contributed by atoms with Gasteiger partial charge < -0.3 is 29.9 Å². The number of ether oxygens (including phenoxy) is 2. The maximum atomic E-state index is 11.7. The summed E-state index contributed by atoms with van der Waals surface area (Å²) in [6, 6.07) is 6.15. The van der Waals surface area contributed by atoms with Crippen molar-refractivity contribution < 1.29 is 29.3 Å². The van der Waals surface area contributed by atoms with Gasteiger partial charge in [-0.25, -0.2) is 9.59 Å². The Balaban J connectivity index is 2.96. The molecule has 0 fully saturated rings. The molecule has 138 valence electrons. The van der Waals surface area contributed by atoms with Crippen LogP contribution in [0.25, 0.3) is 0 Å². The van der Waals surface area contributed by atoms with E-state index in [-0.39, 0.29) is 12.3 Å². The zero-order chi connectivity index (χ0) is 19.0. The van der Waals surface area contributed by atoms with Crippen LogP contribution in [0.2, 0.25) is 0 Å². The van der Waals surface area contributed by atoms with Crippen molar-refractivity contribution >= 4 is 17.6 Å². The quantitative estimate of drug-likeness (QED) is 0.452. The Hall–Kier alpha value is -2.42. The minimum atomic E-state index is -0.875. The molecule has 0 aliphatic carbocycles. The van der Waals surface area contributed by atoms with Crippen molar-refractivity contribution in [3.63, 3.8) is 0 Å². The molecule has 25 heavy (non-hydrogen) atoms. The Kier molecular flexibility index (Phi) is 8.06. The number of rotatable bonds is 8. The van der Waals surface area contributed by atoms with Crippen molar-refractivity contribution in [3.8, 4) is 0 Å². The van der Waals surface area contributed by atoms with E-state index >= 15 is 0 Å². The summed E-state index contributed by atoms with van der Waals surface area (Å²) in [5, 5.41) is 22.5. The third-order valence-corrected chi connectivity index (χ3v) is 3.61. The Labute approximate surface area is 146 Å². The fourth-order valence-electron chi connectivity index (χ4n) is 2.12. The number of carbonyl (C=O) groups excluding carboxylic acids is 2. The van der Waals surface area contributed by atoms with Gasteiger partial charge in [0.25, 0.3) is 0 Å². The minimum absolute atomic E-state index is 0.0795. The van der Waals surface area contributed by atoms with Gasteiger partial charge in [0.2, 0.25) is 0 Å². The number of hydrogen-bond donors (Lipinski definition) is 3. The summed E-state index contributed by atoms with van der Waals surface area (Å²) in [5.41, 5.74) is 1.04. The molecule has 1 rings (SSSR count). The standard InChI is InChI=1S/C17H24N2O6/c1-19(2)14(10-20)16(22)11-5-7-12(8-6-11)18-13(17(23)25-4)9-15(21)24-3/h5-9,14,16,18,20,22H,10H2,1-4H3/b13-9+. The largest absolute Gasteiger partial charge is 0.466 e. The molecule has 0 aliphatic rings. The summed E-state index contributed by atoms with van der Waals surface area (Å²) in [6.07, 6.45) is 0.113. The highest BCUT2D eigenvalue weighted by molar-refractivity contribution is 5.98. The van der Waals surface area contributed by atoms with E-state index in [4.69, 9.17) is 0 Å². The van der Waals surface area contributed by atoms with Crippen LogP contribution in [0, 0.1) is 0 Å². The van der Waals surface area contributed by atoms with Gasteiger partial charge in [0.1, 0.15) is 5.70 Å². The Morgan fingerprint density at radius 2 is 1.80 bits per heavy atom. The van der Waals surface area contributed by atoms with Crippen molar-refractivity contribution in [3.05, 3.63) is 41.6 Å². The van der Waals surface area contributed by atoms with Gasteiger partial charge >= 0.3 is 11.9 Å². The molecule has 0 radical (unpaired) electrons. The molecule has 0 saturated heterocycles. The summed E-state index contributed by atoms with van der Waals surface area (Å²) < 4.78 is 9.11. The molecule has 0 saturated carbocycles. The second-order valence-corrected chi connectivity index (χ2v) is 5.48. The van der Waals surface area contributed by atoms with Crippen LogP contribution in [0.4, 0.5) is 5.69 Å². The van der Waals surface area contributed by atoms with E-state index in [9.17, 15) is 19.8 Å². The molecule has 0 aliphatic heterocycles. The van der Waals surface area contributed by atoms with Crippen LogP contribution in [0.5, 0.6) is 0 Å². The number of aliphatic hydroxyl groups excluding tert-OH is 2. The van der Waals surface area contributed by atoms with Crippen molar-refractivity contribution in [2.45, 2.75) is 12.1 Å². The smallest absolute Gasteiger partial charge is 0.354 e. The average molecular weight is 352 g/mol. The first-order valence-corrected chi connectivity index (χ1v) is 7.54. The summed E-state index contributed by atoms with van der Waals surface area (Å²) in [7, 11) is 5.93. The first kappa shape index (κ1) is 20.6. The van der Waals surface area contributed by atoms with Crippen LogP contribution in [0.15, 0.2) is 36.0 Å². The molecule has 0 heterocycles. The molecular weight excluding hydrogens is 328 g/mol. The molecular formula is C17H24N2O6. The van der Waals surface area contributed by atoms with Crippen LogP contribution in [0.1, 0.15) is 11.7 Å². The third-order valence-electron chi connectivity index (χ3n) is 3.61. The van der Waals surface area contributed by atoms with Crippen molar-refractivity contribution in [1.29, 1.82) is 0 Å². The molecule has 0 aromatic heterocycles. The predicted octanol–water partition coefficient (Wildman–Crippen LogP) is 0.284. The zero-order valence-corrected chi connectivity index (χ0v) is 14.7. The fourth-order valence-corrected chi connectivity index (χ4v) is 2.12. The van der Waals surface area contributed by atoms with Crippen LogP contribution >= 0.6 is 0 Å². The lowest BCUT2D eigenvalue weighted by molar-refractivity contribution is -0.138. The Bertz CT molecular complexity index is 612. The second-order valence-electron chi connectivity index (χ2n) is 5.48. The number of benzene rings is 1. The van der Waals surface area contributed by atoms with E-state index in [1.165, 1.54) is 14.2 Å². The first-order valence-electron chi connectivity index (χ1n) is 7.54. The van der Waals surface area contributed by atoms with Gasteiger partial charge in [-0.3, -0.25) is 0 Å². The Morgan fingerprint density at radius 1 is 1.20 bits per heavy atom. The molecule has 0 bridgehead atoms. The van der Waals surface area contributed by atoms with Gasteiger partial charge in [0.15, 0.2) is 0 Å². The lowest BCUT2D eigenvalue weighted by Gasteiger charge is -2.27. The van der Waals surface area contributed by atoms with Crippen LogP contribution in [-0.2, 0) is 19.1 Å². The first-order chi connectivity index (χ1) is 11.8. The maximum absolute atomic E-state index is 11.7. The summed E-state index contributed by atoms with van der Waals surface area (Å²) in [4.78, 5) is 24.8. The number of anilines is 1. The van der Waals surface area contributed by atoms with Crippen molar-refractivity contribution in [1.82, 2.24) is 4.90 Å². The van der Waals surface area contributed by atoms with Crippen molar-refractivity contribution in [2.24, 2.45) is 0 Å². The number of aliphatic hydroxyl groups is 2. The summed E-state index contributed by atoms with van der Waals surface area (Å²) in [5.74, 6) is -1.42. The van der Waals surface area contributed by atoms with Gasteiger partial charge in [-0.1, -0.05) is 12.1 Å². The van der Waals surface area contributed by atoms with Crippen LogP contribution in [0.3, 0.4) is 0 Å². The topological polar surface area (TPSA) is 108 Å². The maximum Gasteiger partial charge on any atom is 0.354 e. The number of hydrogen-bond acceptors (Lipinski definition) is 8. The molecule has 0 spiro atoms. The van der Waals surface area contributed by atoms with Crippen molar-refractivity contribution in [2.75, 3.05) is 40.2 Å². The third kappa shape index (κ3) is 5.86. The van der Waals surface area contributed by atoms with Crippen LogP contribution in [-0.4, -0.2) is 68.0 Å². The molecule has 8 heteroatoms. The molecule has 1 aromatic rings. The number of methoxy groups -OCH3 is 2. The second kappa shape index (κ2) is 9.77. The molecule has 8 nitrogen and oxygen atoms in total. The van der Waals surface area contributed by atoms with E-state index in [0.29, 0.717) is 11.3 Å². The summed E-state index contributed by atoms with van der Waals surface area (Å²) >= 11 is 0. The number of nitrogens with one attached hydrogen (secondary N) is 1. The molecule has 3 N–H and O–H groups in total. The Morgan fingerprint density at radius 3 is 2.24 bits per heavy atom. The zero-order valence-electron chi connectivity index (χ0n) is 14.7. The lowest BCUT2D eigenvalue weighted by atomic mass is 10.0. The van der Waals surface area contributed by atoms with E-state index < -0.39 is 24.1 Å².